The molecule has 0 amide bonds. The van der Waals surface area contributed by atoms with Crippen molar-refractivity contribution in [1.82, 2.24) is 5.32 Å². The molecule has 1 fully saturated rings. The topological polar surface area (TPSA) is 21.3 Å². The van der Waals surface area contributed by atoms with Crippen LogP contribution in [0.3, 0.4) is 0 Å². The molecule has 1 aromatic carbocycles. The van der Waals surface area contributed by atoms with Gasteiger partial charge in [-0.05, 0) is 47.9 Å². The smallest absolute Gasteiger partial charge is 0.131 e. The minimum Gasteiger partial charge on any atom is -0.381 e. The number of rotatable bonds is 5. The second kappa shape index (κ2) is 7.16. The van der Waals surface area contributed by atoms with Crippen molar-refractivity contribution in [3.05, 3.63) is 47.1 Å². The van der Waals surface area contributed by atoms with Gasteiger partial charge in [0, 0.05) is 30.1 Å². The van der Waals surface area contributed by atoms with Crippen molar-refractivity contribution in [2.75, 3.05) is 19.8 Å². The summed E-state index contributed by atoms with van der Waals surface area (Å²) in [6.45, 7) is 3.50. The Hall–Kier alpha value is -1.23. The van der Waals surface area contributed by atoms with Crippen LogP contribution in [-0.2, 0) is 11.3 Å². The molecular formula is C17H20FNOS. The molecule has 1 saturated heterocycles. The molecule has 2 aromatic rings. The Morgan fingerprint density at radius 3 is 3.05 bits per heavy atom. The number of hydrogen-bond donors (Lipinski definition) is 1. The van der Waals surface area contributed by atoms with Crippen LogP contribution in [0, 0.1) is 11.7 Å². The molecule has 4 heteroatoms. The molecule has 1 aromatic heterocycles. The van der Waals surface area contributed by atoms with E-state index in [1.165, 1.54) is 6.42 Å². The van der Waals surface area contributed by atoms with Crippen molar-refractivity contribution in [3.63, 3.8) is 0 Å². The van der Waals surface area contributed by atoms with Crippen molar-refractivity contribution in [3.8, 4) is 10.4 Å². The summed E-state index contributed by atoms with van der Waals surface area (Å²) in [6, 6.07) is 9.28. The monoisotopic (exact) mass is 305 g/mol. The van der Waals surface area contributed by atoms with Crippen LogP contribution in [0.25, 0.3) is 10.4 Å². The largest absolute Gasteiger partial charge is 0.381 e. The highest BCUT2D eigenvalue weighted by atomic mass is 32.1. The Kier molecular flexibility index (Phi) is 5.01. The van der Waals surface area contributed by atoms with E-state index in [-0.39, 0.29) is 5.82 Å². The lowest BCUT2D eigenvalue weighted by molar-refractivity contribution is 0.0547. The summed E-state index contributed by atoms with van der Waals surface area (Å²) >= 11 is 1.57. The standard InChI is InChI=1S/C17H20FNOS/c18-16-6-5-13(9-15(16)17-4-2-8-21-17)10-19-11-14-3-1-7-20-12-14/h2,4-6,8-9,14,19H,1,3,7,10-12H2. The average molecular weight is 305 g/mol. The van der Waals surface area contributed by atoms with E-state index in [0.29, 0.717) is 11.5 Å². The molecule has 112 valence electrons. The minimum absolute atomic E-state index is 0.151. The van der Waals surface area contributed by atoms with Gasteiger partial charge >= 0.3 is 0 Å². The summed E-state index contributed by atoms with van der Waals surface area (Å²) < 4.78 is 19.4. The van der Waals surface area contributed by atoms with E-state index in [1.807, 2.05) is 29.6 Å². The van der Waals surface area contributed by atoms with Gasteiger partial charge < -0.3 is 10.1 Å². The van der Waals surface area contributed by atoms with Crippen molar-refractivity contribution in [2.45, 2.75) is 19.4 Å². The second-order valence-electron chi connectivity index (χ2n) is 5.51. The molecule has 2 nitrogen and oxygen atoms in total. The maximum Gasteiger partial charge on any atom is 0.131 e. The molecule has 1 aliphatic heterocycles. The third kappa shape index (κ3) is 3.90. The zero-order chi connectivity index (χ0) is 14.5. The van der Waals surface area contributed by atoms with Crippen molar-refractivity contribution in [2.24, 2.45) is 5.92 Å². The highest BCUT2D eigenvalue weighted by Crippen LogP contribution is 2.28. The molecule has 0 aliphatic carbocycles. The molecule has 1 aliphatic rings. The van der Waals surface area contributed by atoms with E-state index in [0.717, 1.165) is 43.2 Å². The van der Waals surface area contributed by atoms with Crippen LogP contribution in [-0.4, -0.2) is 19.8 Å². The summed E-state index contributed by atoms with van der Waals surface area (Å²) in [7, 11) is 0. The van der Waals surface area contributed by atoms with Crippen molar-refractivity contribution >= 4 is 11.3 Å². The average Bonchev–Trinajstić information content (AvgIpc) is 3.04. The van der Waals surface area contributed by atoms with E-state index in [2.05, 4.69) is 5.32 Å². The lowest BCUT2D eigenvalue weighted by atomic mass is 10.0. The first kappa shape index (κ1) is 14.7. The van der Waals surface area contributed by atoms with Gasteiger partial charge in [-0.1, -0.05) is 12.1 Å². The predicted molar refractivity (Wildman–Crippen MR) is 85.0 cm³/mol. The number of thiophene rings is 1. The van der Waals surface area contributed by atoms with Gasteiger partial charge in [0.05, 0.1) is 6.61 Å². The van der Waals surface area contributed by atoms with Crippen molar-refractivity contribution < 1.29 is 9.13 Å². The van der Waals surface area contributed by atoms with E-state index in [1.54, 1.807) is 17.4 Å². The molecule has 0 radical (unpaired) electrons. The summed E-state index contributed by atoms with van der Waals surface area (Å²) in [6.07, 6.45) is 2.39. The summed E-state index contributed by atoms with van der Waals surface area (Å²) in [5.41, 5.74) is 1.82. The maximum absolute atomic E-state index is 13.9. The zero-order valence-corrected chi connectivity index (χ0v) is 12.8. The number of nitrogens with one attached hydrogen (secondary N) is 1. The highest BCUT2D eigenvalue weighted by molar-refractivity contribution is 7.13. The summed E-state index contributed by atoms with van der Waals surface area (Å²) in [4.78, 5) is 0.982. The van der Waals surface area contributed by atoms with Crippen LogP contribution in [0.5, 0.6) is 0 Å². The number of ether oxygens (including phenoxy) is 1. The van der Waals surface area contributed by atoms with Crippen LogP contribution in [0.4, 0.5) is 4.39 Å². The molecule has 2 heterocycles. The highest BCUT2D eigenvalue weighted by Gasteiger charge is 2.13. The van der Waals surface area contributed by atoms with E-state index >= 15 is 0 Å². The van der Waals surface area contributed by atoms with Crippen molar-refractivity contribution in [1.29, 1.82) is 0 Å². The molecule has 0 bridgehead atoms. The number of halogens is 1. The SMILES string of the molecule is Fc1ccc(CNCC2CCCOC2)cc1-c1cccs1. The Balaban J connectivity index is 1.59. The molecule has 21 heavy (non-hydrogen) atoms. The molecule has 1 atom stereocenters. The van der Waals surface area contributed by atoms with Gasteiger partial charge in [0.15, 0.2) is 0 Å². The fourth-order valence-corrected chi connectivity index (χ4v) is 3.44. The van der Waals surface area contributed by atoms with Gasteiger partial charge in [-0.15, -0.1) is 11.3 Å². The van der Waals surface area contributed by atoms with Gasteiger partial charge in [-0.2, -0.15) is 0 Å². The van der Waals surface area contributed by atoms with Gasteiger partial charge in [0.2, 0.25) is 0 Å². The molecule has 0 spiro atoms. The number of benzene rings is 1. The molecule has 1 N–H and O–H groups in total. The van der Waals surface area contributed by atoms with Gasteiger partial charge in [-0.25, -0.2) is 4.39 Å². The predicted octanol–water partition coefficient (Wildman–Crippen LogP) is 4.07. The molecule has 1 unspecified atom stereocenters. The molecule has 3 rings (SSSR count). The van der Waals surface area contributed by atoms with E-state index < -0.39 is 0 Å². The fraction of sp³-hybridized carbons (Fsp3) is 0.412. The Morgan fingerprint density at radius 2 is 2.29 bits per heavy atom. The van der Waals surface area contributed by atoms with Crippen LogP contribution in [0.2, 0.25) is 0 Å². The second-order valence-corrected chi connectivity index (χ2v) is 6.45. The van der Waals surface area contributed by atoms with Crippen LogP contribution in [0.1, 0.15) is 18.4 Å². The molecular weight excluding hydrogens is 285 g/mol. The van der Waals surface area contributed by atoms with Crippen LogP contribution in [0.15, 0.2) is 35.7 Å². The van der Waals surface area contributed by atoms with Gasteiger partial charge in [0.1, 0.15) is 5.82 Å². The third-order valence-electron chi connectivity index (χ3n) is 3.83. The maximum atomic E-state index is 13.9. The summed E-state index contributed by atoms with van der Waals surface area (Å²) in [5.74, 6) is 0.456. The fourth-order valence-electron chi connectivity index (χ4n) is 2.69. The van der Waals surface area contributed by atoms with Crippen LogP contribution >= 0.6 is 11.3 Å². The normalized spacial score (nSPS) is 18.8. The number of hydrogen-bond acceptors (Lipinski definition) is 3. The first-order valence-electron chi connectivity index (χ1n) is 7.43. The van der Waals surface area contributed by atoms with E-state index in [4.69, 9.17) is 4.74 Å². The molecule has 0 saturated carbocycles. The van der Waals surface area contributed by atoms with E-state index in [9.17, 15) is 4.39 Å². The first-order valence-corrected chi connectivity index (χ1v) is 8.31. The Labute approximate surface area is 129 Å². The lowest BCUT2D eigenvalue weighted by Gasteiger charge is -2.22. The lowest BCUT2D eigenvalue weighted by Crippen LogP contribution is -2.28. The zero-order valence-electron chi connectivity index (χ0n) is 12.0. The van der Waals surface area contributed by atoms with Crippen LogP contribution < -0.4 is 5.32 Å². The Bertz CT molecular complexity index is 564. The van der Waals surface area contributed by atoms with Gasteiger partial charge in [0.25, 0.3) is 0 Å². The Morgan fingerprint density at radius 1 is 1.33 bits per heavy atom. The summed E-state index contributed by atoms with van der Waals surface area (Å²) in [5, 5.41) is 5.44. The first-order chi connectivity index (χ1) is 10.3. The third-order valence-corrected chi connectivity index (χ3v) is 4.74. The quantitative estimate of drug-likeness (QED) is 0.899. The van der Waals surface area contributed by atoms with Gasteiger partial charge in [-0.3, -0.25) is 0 Å². The minimum atomic E-state index is -0.151.